The van der Waals surface area contributed by atoms with Crippen LogP contribution in [0.3, 0.4) is 0 Å². The van der Waals surface area contributed by atoms with Crippen molar-refractivity contribution in [3.05, 3.63) is 53.1 Å². The van der Waals surface area contributed by atoms with E-state index in [1.54, 1.807) is 5.01 Å². The summed E-state index contributed by atoms with van der Waals surface area (Å²) >= 11 is 0. The van der Waals surface area contributed by atoms with Crippen molar-refractivity contribution in [2.45, 2.75) is 26.3 Å². The first-order chi connectivity index (χ1) is 12.0. The fourth-order valence-corrected chi connectivity index (χ4v) is 3.27. The third-order valence-electron chi connectivity index (χ3n) is 4.50. The van der Waals surface area contributed by atoms with Crippen LogP contribution in [-0.4, -0.2) is 29.5 Å². The molecule has 0 radical (unpaired) electrons. The zero-order chi connectivity index (χ0) is 17.6. The van der Waals surface area contributed by atoms with Crippen LogP contribution in [0.25, 0.3) is 0 Å². The van der Waals surface area contributed by atoms with Gasteiger partial charge in [0.15, 0.2) is 11.5 Å². The molecule has 7 heteroatoms. The van der Waals surface area contributed by atoms with E-state index in [1.165, 1.54) is 6.92 Å². The highest BCUT2D eigenvalue weighted by Gasteiger charge is 2.28. The molecule has 2 aromatic carbocycles. The van der Waals surface area contributed by atoms with E-state index >= 15 is 0 Å². The number of rotatable bonds is 1. The maximum Gasteiger partial charge on any atom is 0.239 e. The molecule has 2 N–H and O–H groups in total. The lowest BCUT2D eigenvalue weighted by atomic mass is 9.94. The van der Waals surface area contributed by atoms with Gasteiger partial charge in [-0.3, -0.25) is 4.79 Å². The van der Waals surface area contributed by atoms with Crippen molar-refractivity contribution in [3.8, 4) is 11.5 Å². The highest BCUT2D eigenvalue weighted by molar-refractivity contribution is 6.14. The summed E-state index contributed by atoms with van der Waals surface area (Å²) in [7, 11) is 0. The van der Waals surface area contributed by atoms with Crippen LogP contribution >= 0.6 is 12.4 Å². The Morgan fingerprint density at radius 1 is 1.19 bits per heavy atom. The van der Waals surface area contributed by atoms with Crippen LogP contribution in [0.1, 0.15) is 30.5 Å². The van der Waals surface area contributed by atoms with E-state index in [1.807, 2.05) is 43.3 Å². The molecule has 1 amide bonds. The van der Waals surface area contributed by atoms with Gasteiger partial charge >= 0.3 is 0 Å². The Morgan fingerprint density at radius 2 is 1.85 bits per heavy atom. The average Bonchev–Trinajstić information content (AvgIpc) is 2.97. The number of carbonyl (C=O) groups excluding carboxylic acids is 1. The van der Waals surface area contributed by atoms with E-state index in [2.05, 4.69) is 5.10 Å². The quantitative estimate of drug-likeness (QED) is 0.779. The highest BCUT2D eigenvalue weighted by atomic mass is 35.5. The van der Waals surface area contributed by atoms with Crippen LogP contribution in [0.15, 0.2) is 41.5 Å². The first-order valence-corrected chi connectivity index (χ1v) is 8.20. The third kappa shape index (κ3) is 3.08. The highest BCUT2D eigenvalue weighted by Crippen LogP contribution is 2.37. The zero-order valence-electron chi connectivity index (χ0n) is 14.6. The number of amides is 1. The van der Waals surface area contributed by atoms with Crippen molar-refractivity contribution < 1.29 is 14.3 Å². The molecule has 26 heavy (non-hydrogen) atoms. The zero-order valence-corrected chi connectivity index (χ0v) is 15.4. The number of anilines is 1. The summed E-state index contributed by atoms with van der Waals surface area (Å²) in [6, 6.07) is 11.4. The van der Waals surface area contributed by atoms with Gasteiger partial charge in [0.1, 0.15) is 0 Å². The van der Waals surface area contributed by atoms with Crippen LogP contribution in [-0.2, 0) is 11.2 Å². The molecular weight excluding hydrogens is 354 g/mol. The summed E-state index contributed by atoms with van der Waals surface area (Å²) in [5.74, 6) is 1.35. The molecular formula is C19H20ClN3O3. The number of hydrogen-bond donors (Lipinski definition) is 1. The average molecular weight is 374 g/mol. The molecule has 0 spiro atoms. The van der Waals surface area contributed by atoms with Gasteiger partial charge < -0.3 is 15.2 Å². The number of halogens is 1. The first-order valence-electron chi connectivity index (χ1n) is 8.20. The lowest BCUT2D eigenvalue weighted by Crippen LogP contribution is -2.33. The number of nitrogen functional groups attached to an aromatic ring is 1. The second kappa shape index (κ2) is 6.88. The van der Waals surface area contributed by atoms with Gasteiger partial charge in [-0.05, 0) is 43.2 Å². The summed E-state index contributed by atoms with van der Waals surface area (Å²) in [5.41, 5.74) is 10.1. The van der Waals surface area contributed by atoms with E-state index in [4.69, 9.17) is 15.2 Å². The topological polar surface area (TPSA) is 77.2 Å². The van der Waals surface area contributed by atoms with Crippen LogP contribution in [0.5, 0.6) is 11.5 Å². The minimum atomic E-state index is -0.0895. The van der Waals surface area contributed by atoms with Crippen molar-refractivity contribution in [2.75, 3.05) is 12.5 Å². The normalized spacial score (nSPS) is 17.7. The lowest BCUT2D eigenvalue weighted by Gasteiger charge is -2.21. The molecule has 0 aliphatic carbocycles. The molecule has 1 atom stereocenters. The van der Waals surface area contributed by atoms with Crippen molar-refractivity contribution in [2.24, 2.45) is 5.10 Å². The number of hydrogen-bond acceptors (Lipinski definition) is 5. The molecule has 4 rings (SSSR count). The first kappa shape index (κ1) is 18.1. The van der Waals surface area contributed by atoms with Gasteiger partial charge in [0, 0.05) is 23.7 Å². The smallest absolute Gasteiger partial charge is 0.239 e. The van der Waals surface area contributed by atoms with E-state index in [0.29, 0.717) is 17.9 Å². The van der Waals surface area contributed by atoms with E-state index < -0.39 is 0 Å². The molecule has 0 aromatic heterocycles. The second-order valence-corrected chi connectivity index (χ2v) is 6.35. The standard InChI is InChI=1S/C19H19N3O3.ClH/c1-11-7-14-8-17-18(25-10-24-17)9-16(14)19(21-22(11)12(2)23)13-3-5-15(20)6-4-13;/h3-6,8-9,11H,7,10,20H2,1-2H3;1H. The number of nitrogens with zero attached hydrogens (tertiary/aromatic N) is 2. The van der Waals surface area contributed by atoms with Gasteiger partial charge in [-0.1, -0.05) is 12.1 Å². The maximum atomic E-state index is 12.1. The van der Waals surface area contributed by atoms with Gasteiger partial charge in [-0.2, -0.15) is 5.10 Å². The van der Waals surface area contributed by atoms with Gasteiger partial charge in [0.2, 0.25) is 12.7 Å². The minimum Gasteiger partial charge on any atom is -0.454 e. The van der Waals surface area contributed by atoms with Crippen LogP contribution in [0.4, 0.5) is 5.69 Å². The third-order valence-corrected chi connectivity index (χ3v) is 4.50. The monoisotopic (exact) mass is 373 g/mol. The van der Waals surface area contributed by atoms with Gasteiger partial charge in [0.25, 0.3) is 0 Å². The lowest BCUT2D eigenvalue weighted by molar-refractivity contribution is -0.130. The number of fused-ring (bicyclic) bond motifs is 2. The number of benzene rings is 2. The SMILES string of the molecule is CC(=O)N1N=C(c2ccc(N)cc2)c2cc3c(cc2CC1C)OCO3.Cl. The molecule has 0 bridgehead atoms. The van der Waals surface area contributed by atoms with Crippen molar-refractivity contribution in [3.63, 3.8) is 0 Å². The molecule has 2 aliphatic rings. The predicted molar refractivity (Wildman–Crippen MR) is 102 cm³/mol. The Morgan fingerprint density at radius 3 is 2.50 bits per heavy atom. The van der Waals surface area contributed by atoms with Crippen LogP contribution < -0.4 is 15.2 Å². The minimum absolute atomic E-state index is 0. The molecule has 0 fully saturated rings. The van der Waals surface area contributed by atoms with Crippen molar-refractivity contribution >= 4 is 29.7 Å². The van der Waals surface area contributed by atoms with Crippen molar-refractivity contribution in [1.29, 1.82) is 0 Å². The number of hydrazone groups is 1. The Labute approximate surface area is 158 Å². The number of ether oxygens (including phenoxy) is 2. The summed E-state index contributed by atoms with van der Waals surface area (Å²) in [6.45, 7) is 3.75. The van der Waals surface area contributed by atoms with Crippen LogP contribution in [0.2, 0.25) is 0 Å². The Hall–Kier alpha value is -2.73. The second-order valence-electron chi connectivity index (χ2n) is 6.35. The molecule has 1 unspecified atom stereocenters. The summed E-state index contributed by atoms with van der Waals surface area (Å²) < 4.78 is 11.0. The maximum absolute atomic E-state index is 12.1. The molecule has 2 heterocycles. The van der Waals surface area contributed by atoms with Gasteiger partial charge in [0.05, 0.1) is 11.8 Å². The fraction of sp³-hybridized carbons (Fsp3) is 0.263. The Kier molecular flexibility index (Phi) is 4.78. The molecule has 2 aliphatic heterocycles. The van der Waals surface area contributed by atoms with Crippen LogP contribution in [0, 0.1) is 0 Å². The van der Waals surface area contributed by atoms with Gasteiger partial charge in [-0.15, -0.1) is 12.4 Å². The van der Waals surface area contributed by atoms with Crippen molar-refractivity contribution in [1.82, 2.24) is 5.01 Å². The molecule has 136 valence electrons. The largest absolute Gasteiger partial charge is 0.454 e. The molecule has 0 saturated heterocycles. The molecule has 6 nitrogen and oxygen atoms in total. The number of nitrogens with two attached hydrogens (primary N) is 1. The predicted octanol–water partition coefficient (Wildman–Crippen LogP) is 2.96. The van der Waals surface area contributed by atoms with E-state index in [0.717, 1.165) is 28.2 Å². The molecule has 2 aromatic rings. The van der Waals surface area contributed by atoms with E-state index in [9.17, 15) is 4.79 Å². The summed E-state index contributed by atoms with van der Waals surface area (Å²) in [4.78, 5) is 12.1. The van der Waals surface area contributed by atoms with Gasteiger partial charge in [-0.25, -0.2) is 5.01 Å². The fourth-order valence-electron chi connectivity index (χ4n) is 3.27. The Balaban J connectivity index is 0.00000196. The molecule has 0 saturated carbocycles. The summed E-state index contributed by atoms with van der Waals surface area (Å²) in [6.07, 6.45) is 0.688. The summed E-state index contributed by atoms with van der Waals surface area (Å²) in [5, 5.41) is 6.23. The Bertz CT molecular complexity index is 880. The van der Waals surface area contributed by atoms with E-state index in [-0.39, 0.29) is 31.1 Å². The number of carbonyl (C=O) groups is 1.